The standard InChI is InChI=1S/C24H46N4O6/c1-23(2,3)17-19(29)33-15-13-27-21(31)25-11-9-7-8-10-12-26-22(32)28-14-16-34-20(30)18-24(4,5)6/h7-18H2,1-6H3,(H2,25,27,31)(H2,26,28,32). The highest BCUT2D eigenvalue weighted by Gasteiger charge is 2.17. The van der Waals surface area contributed by atoms with Crippen LogP contribution in [0.1, 0.15) is 80.1 Å². The third-order valence-corrected chi connectivity index (χ3v) is 4.33. The van der Waals surface area contributed by atoms with Crippen LogP contribution in [0.5, 0.6) is 0 Å². The predicted octanol–water partition coefficient (Wildman–Crippen LogP) is 3.10. The number of amides is 4. The number of hydrogen-bond donors (Lipinski definition) is 4. The first-order valence-electron chi connectivity index (χ1n) is 12.1. The molecule has 0 aliphatic heterocycles. The van der Waals surface area contributed by atoms with E-state index < -0.39 is 0 Å². The zero-order valence-electron chi connectivity index (χ0n) is 21.9. The van der Waals surface area contributed by atoms with E-state index in [1.54, 1.807) is 0 Å². The first kappa shape index (κ1) is 31.5. The van der Waals surface area contributed by atoms with Gasteiger partial charge in [0.2, 0.25) is 0 Å². The average Bonchev–Trinajstić information content (AvgIpc) is 2.68. The predicted molar refractivity (Wildman–Crippen MR) is 131 cm³/mol. The van der Waals surface area contributed by atoms with E-state index in [-0.39, 0.29) is 61.1 Å². The maximum atomic E-state index is 11.7. The summed E-state index contributed by atoms with van der Waals surface area (Å²) in [5, 5.41) is 10.8. The first-order chi connectivity index (χ1) is 15.8. The number of rotatable bonds is 15. The van der Waals surface area contributed by atoms with Gasteiger partial charge < -0.3 is 30.7 Å². The first-order valence-corrected chi connectivity index (χ1v) is 12.1. The minimum absolute atomic E-state index is 0.117. The van der Waals surface area contributed by atoms with Crippen molar-refractivity contribution in [3.05, 3.63) is 0 Å². The summed E-state index contributed by atoms with van der Waals surface area (Å²) >= 11 is 0. The summed E-state index contributed by atoms with van der Waals surface area (Å²) in [5.41, 5.74) is -0.234. The van der Waals surface area contributed by atoms with E-state index in [0.717, 1.165) is 25.7 Å². The van der Waals surface area contributed by atoms with Gasteiger partial charge in [0.1, 0.15) is 13.2 Å². The molecule has 0 saturated carbocycles. The van der Waals surface area contributed by atoms with Crippen molar-refractivity contribution in [3.63, 3.8) is 0 Å². The van der Waals surface area contributed by atoms with Crippen molar-refractivity contribution in [1.29, 1.82) is 0 Å². The number of unbranched alkanes of at least 4 members (excludes halogenated alkanes) is 3. The molecule has 0 aliphatic carbocycles. The van der Waals surface area contributed by atoms with Crippen LogP contribution in [0.25, 0.3) is 0 Å². The van der Waals surface area contributed by atoms with Gasteiger partial charge in [0.15, 0.2) is 0 Å². The summed E-state index contributed by atoms with van der Waals surface area (Å²) < 4.78 is 10.2. The fraction of sp³-hybridized carbons (Fsp3) is 0.833. The summed E-state index contributed by atoms with van der Waals surface area (Å²) in [6.45, 7) is 13.8. The van der Waals surface area contributed by atoms with Crippen molar-refractivity contribution in [1.82, 2.24) is 21.3 Å². The number of urea groups is 2. The van der Waals surface area contributed by atoms with Crippen LogP contribution in [0.3, 0.4) is 0 Å². The molecule has 0 fully saturated rings. The van der Waals surface area contributed by atoms with Gasteiger partial charge >= 0.3 is 24.0 Å². The van der Waals surface area contributed by atoms with E-state index in [4.69, 9.17) is 9.47 Å². The monoisotopic (exact) mass is 486 g/mol. The van der Waals surface area contributed by atoms with Crippen LogP contribution in [0.15, 0.2) is 0 Å². The van der Waals surface area contributed by atoms with Crippen LogP contribution >= 0.6 is 0 Å². The molecule has 0 aromatic rings. The fourth-order valence-corrected chi connectivity index (χ4v) is 2.76. The lowest BCUT2D eigenvalue weighted by atomic mass is 9.92. The molecule has 10 heteroatoms. The SMILES string of the molecule is CC(C)(C)CC(=O)OCCNC(=O)NCCCCCCNC(=O)NCCOC(=O)CC(C)(C)C. The second kappa shape index (κ2) is 17.0. The van der Waals surface area contributed by atoms with Crippen molar-refractivity contribution < 1.29 is 28.7 Å². The molecule has 0 aromatic carbocycles. The Bertz CT molecular complexity index is 572. The van der Waals surface area contributed by atoms with E-state index in [1.807, 2.05) is 41.5 Å². The molecule has 4 N–H and O–H groups in total. The molecule has 0 atom stereocenters. The number of hydrogen-bond acceptors (Lipinski definition) is 6. The summed E-state index contributed by atoms with van der Waals surface area (Å²) in [6, 6.07) is -0.566. The van der Waals surface area contributed by atoms with Gasteiger partial charge in [-0.3, -0.25) is 9.59 Å². The van der Waals surface area contributed by atoms with E-state index in [1.165, 1.54) is 0 Å². The molecule has 0 aliphatic rings. The normalized spacial score (nSPS) is 11.4. The quantitative estimate of drug-likeness (QED) is 0.207. The van der Waals surface area contributed by atoms with E-state index in [0.29, 0.717) is 25.9 Å². The second-order valence-corrected chi connectivity index (χ2v) is 10.7. The lowest BCUT2D eigenvalue weighted by molar-refractivity contribution is -0.146. The topological polar surface area (TPSA) is 135 Å². The molecule has 0 heterocycles. The summed E-state index contributed by atoms with van der Waals surface area (Å²) in [4.78, 5) is 46.5. The Balaban J connectivity index is 3.51. The number of ether oxygens (including phenoxy) is 2. The fourth-order valence-electron chi connectivity index (χ4n) is 2.76. The largest absolute Gasteiger partial charge is 0.464 e. The maximum Gasteiger partial charge on any atom is 0.314 e. The highest BCUT2D eigenvalue weighted by atomic mass is 16.5. The Kier molecular flexibility index (Phi) is 15.7. The molecule has 0 bridgehead atoms. The van der Waals surface area contributed by atoms with Crippen LogP contribution < -0.4 is 21.3 Å². The number of nitrogens with one attached hydrogen (secondary N) is 4. The van der Waals surface area contributed by atoms with Crippen LogP contribution in [-0.4, -0.2) is 63.4 Å². The Morgan fingerprint density at radius 2 is 0.853 bits per heavy atom. The molecule has 198 valence electrons. The van der Waals surface area contributed by atoms with Crippen molar-refractivity contribution in [2.24, 2.45) is 10.8 Å². The second-order valence-electron chi connectivity index (χ2n) is 10.7. The maximum absolute atomic E-state index is 11.7. The highest BCUT2D eigenvalue weighted by Crippen LogP contribution is 2.19. The molecule has 4 amide bonds. The zero-order valence-corrected chi connectivity index (χ0v) is 21.9. The van der Waals surface area contributed by atoms with Gasteiger partial charge in [0.05, 0.1) is 25.9 Å². The number of esters is 2. The van der Waals surface area contributed by atoms with Gasteiger partial charge in [-0.05, 0) is 23.7 Å². The molecule has 0 unspecified atom stereocenters. The van der Waals surface area contributed by atoms with Gasteiger partial charge in [-0.25, -0.2) is 9.59 Å². The lowest BCUT2D eigenvalue weighted by Gasteiger charge is -2.16. The zero-order chi connectivity index (χ0) is 26.0. The molecule has 0 radical (unpaired) electrons. The minimum atomic E-state index is -0.283. The summed E-state index contributed by atoms with van der Waals surface area (Å²) in [6.07, 6.45) is 4.21. The molecule has 0 aromatic heterocycles. The van der Waals surface area contributed by atoms with Crippen molar-refractivity contribution in [2.45, 2.75) is 80.1 Å². The van der Waals surface area contributed by atoms with Crippen molar-refractivity contribution >= 4 is 24.0 Å². The number of carbonyl (C=O) groups excluding carboxylic acids is 4. The van der Waals surface area contributed by atoms with Crippen molar-refractivity contribution in [3.8, 4) is 0 Å². The molecule has 0 rings (SSSR count). The van der Waals surface area contributed by atoms with Crippen LogP contribution in [0.2, 0.25) is 0 Å². The third kappa shape index (κ3) is 22.7. The number of carbonyl (C=O) groups is 4. The van der Waals surface area contributed by atoms with Gasteiger partial charge in [0.25, 0.3) is 0 Å². The summed E-state index contributed by atoms with van der Waals surface area (Å²) in [7, 11) is 0. The molecule has 0 saturated heterocycles. The molecular weight excluding hydrogens is 440 g/mol. The van der Waals surface area contributed by atoms with E-state index in [9.17, 15) is 19.2 Å². The van der Waals surface area contributed by atoms with E-state index >= 15 is 0 Å². The Morgan fingerprint density at radius 3 is 1.18 bits per heavy atom. The van der Waals surface area contributed by atoms with Gasteiger partial charge in [0, 0.05) is 13.1 Å². The lowest BCUT2D eigenvalue weighted by Crippen LogP contribution is -2.38. The van der Waals surface area contributed by atoms with Crippen LogP contribution in [-0.2, 0) is 19.1 Å². The summed E-state index contributed by atoms with van der Waals surface area (Å²) in [5.74, 6) is -0.530. The van der Waals surface area contributed by atoms with Crippen LogP contribution in [0, 0.1) is 10.8 Å². The Labute approximate surface area is 204 Å². The van der Waals surface area contributed by atoms with Crippen molar-refractivity contribution in [2.75, 3.05) is 39.4 Å². The molecule has 0 spiro atoms. The van der Waals surface area contributed by atoms with Gasteiger partial charge in [-0.1, -0.05) is 54.4 Å². The molecular formula is C24H46N4O6. The van der Waals surface area contributed by atoms with Gasteiger partial charge in [-0.15, -0.1) is 0 Å². The Morgan fingerprint density at radius 1 is 0.529 bits per heavy atom. The molecule has 34 heavy (non-hydrogen) atoms. The smallest absolute Gasteiger partial charge is 0.314 e. The highest BCUT2D eigenvalue weighted by molar-refractivity contribution is 5.74. The third-order valence-electron chi connectivity index (χ3n) is 4.33. The Hall–Kier alpha value is -2.52. The van der Waals surface area contributed by atoms with Crippen LogP contribution in [0.4, 0.5) is 9.59 Å². The van der Waals surface area contributed by atoms with E-state index in [2.05, 4.69) is 21.3 Å². The van der Waals surface area contributed by atoms with Gasteiger partial charge in [-0.2, -0.15) is 0 Å². The molecule has 10 nitrogen and oxygen atoms in total. The average molecular weight is 487 g/mol. The minimum Gasteiger partial charge on any atom is -0.464 e.